The molecule has 0 bridgehead atoms. The summed E-state index contributed by atoms with van der Waals surface area (Å²) >= 11 is 0. The zero-order valence-corrected chi connectivity index (χ0v) is 26.3. The van der Waals surface area contributed by atoms with E-state index in [1.54, 1.807) is 0 Å². The van der Waals surface area contributed by atoms with Gasteiger partial charge in [-0.1, -0.05) is 110 Å². The summed E-state index contributed by atoms with van der Waals surface area (Å²) in [5, 5.41) is 39.6. The van der Waals surface area contributed by atoms with Crippen LogP contribution in [0, 0.1) is 0 Å². The number of unbranched alkanes of at least 4 members (excludes halogenated alkanes) is 15. The monoisotopic (exact) mass is 604 g/mol. The quantitative estimate of drug-likeness (QED) is 0.0807. The topological polar surface area (TPSA) is 152 Å². The molecule has 42 heavy (non-hydrogen) atoms. The average Bonchev–Trinajstić information content (AvgIpc) is 2.98. The minimum atomic E-state index is -1.59. The second kappa shape index (κ2) is 25.1. The van der Waals surface area contributed by atoms with Gasteiger partial charge in [-0.25, -0.2) is 0 Å². The molecule has 4 N–H and O–H groups in total. The molecule has 0 aromatic rings. The molecular formula is C32H60O10. The lowest BCUT2D eigenvalue weighted by Crippen LogP contribution is -2.59. The van der Waals surface area contributed by atoms with E-state index < -0.39 is 49.4 Å². The molecule has 10 nitrogen and oxygen atoms in total. The molecule has 1 aliphatic rings. The fourth-order valence-electron chi connectivity index (χ4n) is 5.01. The predicted molar refractivity (Wildman–Crippen MR) is 160 cm³/mol. The Bertz CT molecular complexity index is 674. The summed E-state index contributed by atoms with van der Waals surface area (Å²) in [6.07, 6.45) is 11.4. The molecule has 0 aromatic carbocycles. The normalized spacial score (nSPS) is 23.0. The molecule has 0 amide bonds. The third-order valence-electron chi connectivity index (χ3n) is 7.74. The number of rotatable bonds is 26. The van der Waals surface area contributed by atoms with E-state index in [0.717, 1.165) is 38.5 Å². The smallest absolute Gasteiger partial charge is 0.306 e. The van der Waals surface area contributed by atoms with Gasteiger partial charge >= 0.3 is 11.9 Å². The highest BCUT2D eigenvalue weighted by Crippen LogP contribution is 2.22. The first-order valence-electron chi connectivity index (χ1n) is 16.6. The van der Waals surface area contributed by atoms with Crippen LogP contribution in [0.4, 0.5) is 0 Å². The van der Waals surface area contributed by atoms with Gasteiger partial charge in [0.25, 0.3) is 0 Å². The van der Waals surface area contributed by atoms with Crippen molar-refractivity contribution < 1.29 is 49.0 Å². The summed E-state index contributed by atoms with van der Waals surface area (Å²) < 4.78 is 21.9. The summed E-state index contributed by atoms with van der Waals surface area (Å²) in [7, 11) is 0. The van der Waals surface area contributed by atoms with Crippen molar-refractivity contribution in [2.45, 2.75) is 173 Å². The van der Waals surface area contributed by atoms with Crippen molar-refractivity contribution in [2.24, 2.45) is 0 Å². The summed E-state index contributed by atoms with van der Waals surface area (Å²) in [6.45, 7) is 3.33. The number of ether oxygens (including phenoxy) is 4. The molecule has 1 fully saturated rings. The van der Waals surface area contributed by atoms with Gasteiger partial charge in [0.2, 0.25) is 0 Å². The lowest BCUT2D eigenvalue weighted by molar-refractivity contribution is -0.305. The lowest BCUT2D eigenvalue weighted by atomic mass is 9.99. The van der Waals surface area contributed by atoms with E-state index in [4.69, 9.17) is 18.9 Å². The van der Waals surface area contributed by atoms with E-state index in [1.807, 2.05) is 0 Å². The summed E-state index contributed by atoms with van der Waals surface area (Å²) in [6, 6.07) is 0. The zero-order chi connectivity index (χ0) is 31.0. The predicted octanol–water partition coefficient (Wildman–Crippen LogP) is 4.71. The van der Waals surface area contributed by atoms with Crippen LogP contribution in [0.1, 0.15) is 136 Å². The number of carbonyl (C=O) groups is 2. The molecular weight excluding hydrogens is 544 g/mol. The van der Waals surface area contributed by atoms with Crippen LogP contribution >= 0.6 is 0 Å². The fraction of sp³-hybridized carbons (Fsp3) is 0.938. The van der Waals surface area contributed by atoms with Crippen molar-refractivity contribution in [1.29, 1.82) is 0 Å². The van der Waals surface area contributed by atoms with Crippen LogP contribution < -0.4 is 0 Å². The van der Waals surface area contributed by atoms with E-state index in [1.165, 1.54) is 64.2 Å². The fourth-order valence-corrected chi connectivity index (χ4v) is 5.01. The van der Waals surface area contributed by atoms with Gasteiger partial charge in [0, 0.05) is 12.8 Å². The van der Waals surface area contributed by atoms with E-state index in [9.17, 15) is 30.0 Å². The molecule has 1 aliphatic heterocycles. The second-order valence-electron chi connectivity index (χ2n) is 11.6. The van der Waals surface area contributed by atoms with Gasteiger partial charge in [0.15, 0.2) is 12.4 Å². The molecule has 2 unspecified atom stereocenters. The van der Waals surface area contributed by atoms with E-state index in [0.29, 0.717) is 6.42 Å². The van der Waals surface area contributed by atoms with Gasteiger partial charge in [0.05, 0.1) is 13.2 Å². The second-order valence-corrected chi connectivity index (χ2v) is 11.6. The number of hydrogen-bond donors (Lipinski definition) is 4. The van der Waals surface area contributed by atoms with Crippen molar-refractivity contribution >= 4 is 11.9 Å². The first-order chi connectivity index (χ1) is 20.3. The Hall–Kier alpha value is -1.30. The Kier molecular flexibility index (Phi) is 23.1. The standard InChI is InChI=1S/C32H60O10/c1-3-5-7-9-11-13-15-17-19-21-28(35)41-25(23-39-27(34)20-18-16-14-12-10-8-6-4-2)24-40-32-31(38)30(37)29(36)26(22-33)42-32/h25-26,29-33,36-38H,3-24H2,1-2H3/t25-,26-,29+,30?,31?,32-/m1/s1. The van der Waals surface area contributed by atoms with Crippen LogP contribution in [0.5, 0.6) is 0 Å². The Morgan fingerprint density at radius 1 is 0.643 bits per heavy atom. The molecule has 0 spiro atoms. The average molecular weight is 605 g/mol. The van der Waals surface area contributed by atoms with Crippen LogP contribution in [0.3, 0.4) is 0 Å². The van der Waals surface area contributed by atoms with Crippen molar-refractivity contribution in [1.82, 2.24) is 0 Å². The highest BCUT2D eigenvalue weighted by molar-refractivity contribution is 5.70. The summed E-state index contributed by atoms with van der Waals surface area (Å²) in [4.78, 5) is 24.9. The SMILES string of the molecule is CCCCCCCCCCCC(=O)O[C@H](COC(=O)CCCCCCCCCC)CO[C@@H]1O[C@H](CO)[C@H](O)C(O)C1O. The van der Waals surface area contributed by atoms with Gasteiger partial charge in [-0.2, -0.15) is 0 Å². The van der Waals surface area contributed by atoms with Crippen molar-refractivity contribution in [3.63, 3.8) is 0 Å². The maximum absolute atomic E-state index is 12.5. The largest absolute Gasteiger partial charge is 0.462 e. The molecule has 1 heterocycles. The minimum Gasteiger partial charge on any atom is -0.462 e. The Morgan fingerprint density at radius 3 is 1.62 bits per heavy atom. The third-order valence-corrected chi connectivity index (χ3v) is 7.74. The maximum Gasteiger partial charge on any atom is 0.306 e. The number of hydrogen-bond acceptors (Lipinski definition) is 10. The number of esters is 2. The maximum atomic E-state index is 12.5. The lowest BCUT2D eigenvalue weighted by Gasteiger charge is -2.39. The van der Waals surface area contributed by atoms with Crippen LogP contribution in [0.2, 0.25) is 0 Å². The summed E-state index contributed by atoms with van der Waals surface area (Å²) in [5.74, 6) is -0.812. The van der Waals surface area contributed by atoms with Crippen LogP contribution in [-0.4, -0.2) is 89.0 Å². The van der Waals surface area contributed by atoms with Crippen LogP contribution in [-0.2, 0) is 28.5 Å². The molecule has 1 rings (SSSR count). The first kappa shape index (κ1) is 38.7. The van der Waals surface area contributed by atoms with Gasteiger partial charge in [0.1, 0.15) is 31.0 Å². The van der Waals surface area contributed by atoms with E-state index in [-0.39, 0.29) is 32.0 Å². The van der Waals surface area contributed by atoms with E-state index in [2.05, 4.69) is 13.8 Å². The Morgan fingerprint density at radius 2 is 1.12 bits per heavy atom. The van der Waals surface area contributed by atoms with Crippen LogP contribution in [0.15, 0.2) is 0 Å². The third kappa shape index (κ3) is 17.7. The van der Waals surface area contributed by atoms with Crippen molar-refractivity contribution in [2.75, 3.05) is 19.8 Å². The molecule has 6 atom stereocenters. The highest BCUT2D eigenvalue weighted by Gasteiger charge is 2.44. The van der Waals surface area contributed by atoms with Gasteiger partial charge < -0.3 is 39.4 Å². The number of carbonyl (C=O) groups excluding carboxylic acids is 2. The van der Waals surface area contributed by atoms with Gasteiger partial charge in [-0.05, 0) is 12.8 Å². The number of aliphatic hydroxyl groups is 4. The zero-order valence-electron chi connectivity index (χ0n) is 26.3. The van der Waals surface area contributed by atoms with Crippen LogP contribution in [0.25, 0.3) is 0 Å². The Balaban J connectivity index is 2.48. The molecule has 0 saturated carbocycles. The first-order valence-corrected chi connectivity index (χ1v) is 16.6. The van der Waals surface area contributed by atoms with Crippen molar-refractivity contribution in [3.05, 3.63) is 0 Å². The molecule has 0 radical (unpaired) electrons. The van der Waals surface area contributed by atoms with E-state index >= 15 is 0 Å². The molecule has 0 aliphatic carbocycles. The van der Waals surface area contributed by atoms with Crippen molar-refractivity contribution in [3.8, 4) is 0 Å². The minimum absolute atomic E-state index is 0.212. The molecule has 1 saturated heterocycles. The number of aliphatic hydroxyl groups excluding tert-OH is 4. The highest BCUT2D eigenvalue weighted by atomic mass is 16.7. The molecule has 10 heteroatoms. The summed E-state index contributed by atoms with van der Waals surface area (Å²) in [5.41, 5.74) is 0. The van der Waals surface area contributed by atoms with Gasteiger partial charge in [-0.3, -0.25) is 9.59 Å². The molecule has 248 valence electrons. The van der Waals surface area contributed by atoms with Gasteiger partial charge in [-0.15, -0.1) is 0 Å². The molecule has 0 aromatic heterocycles. The Labute approximate surface area is 253 Å².